The lowest BCUT2D eigenvalue weighted by molar-refractivity contribution is -0.141. The summed E-state index contributed by atoms with van der Waals surface area (Å²) in [5.41, 5.74) is 1.26. The van der Waals surface area contributed by atoms with E-state index in [2.05, 4.69) is 11.6 Å². The number of carbonyl (C=O) groups excluding carboxylic acids is 1. The van der Waals surface area contributed by atoms with Crippen LogP contribution in [0.4, 0.5) is 18.9 Å². The van der Waals surface area contributed by atoms with Crippen LogP contribution < -0.4 is 4.90 Å². The number of carbonyl (C=O) groups is 1. The van der Waals surface area contributed by atoms with Crippen LogP contribution in [0.15, 0.2) is 74.7 Å². The quantitative estimate of drug-likeness (QED) is 0.538. The average molecular weight is 478 g/mol. The van der Waals surface area contributed by atoms with Gasteiger partial charge in [0, 0.05) is 18.1 Å². The lowest BCUT2D eigenvalue weighted by Gasteiger charge is -2.19. The van der Waals surface area contributed by atoms with Gasteiger partial charge in [-0.25, -0.2) is 0 Å². The highest BCUT2D eigenvalue weighted by atomic mass is 32.2. The number of anilines is 1. The van der Waals surface area contributed by atoms with Gasteiger partial charge in [-0.15, -0.1) is 0 Å². The zero-order chi connectivity index (χ0) is 23.0. The largest absolute Gasteiger partial charge is 0.468 e. The molecular formula is C22H18F3N3O2S2. The van der Waals surface area contributed by atoms with Crippen LogP contribution in [0.3, 0.4) is 0 Å². The van der Waals surface area contributed by atoms with E-state index >= 15 is 0 Å². The summed E-state index contributed by atoms with van der Waals surface area (Å²) in [7, 11) is 3.11. The van der Waals surface area contributed by atoms with E-state index in [-0.39, 0.29) is 6.54 Å². The highest BCUT2D eigenvalue weighted by molar-refractivity contribution is 8.09. The molecule has 2 aliphatic rings. The Hall–Kier alpha value is -2.85. The summed E-state index contributed by atoms with van der Waals surface area (Å²) >= 11 is 2.64. The van der Waals surface area contributed by atoms with Crippen molar-refractivity contribution < 1.29 is 22.7 Å². The van der Waals surface area contributed by atoms with Crippen LogP contribution in [-0.4, -0.2) is 36.6 Å². The van der Waals surface area contributed by atoms with Gasteiger partial charge >= 0.3 is 12.1 Å². The average Bonchev–Trinajstić information content (AvgIpc) is 3.25. The molecule has 0 N–H and O–H groups in total. The van der Waals surface area contributed by atoms with Crippen LogP contribution >= 0.6 is 23.5 Å². The van der Waals surface area contributed by atoms with Crippen molar-refractivity contribution in [2.75, 3.05) is 25.6 Å². The van der Waals surface area contributed by atoms with Crippen LogP contribution in [0.25, 0.3) is 6.08 Å². The Labute approximate surface area is 191 Å². The normalized spacial score (nSPS) is 19.7. The Morgan fingerprint density at radius 2 is 2.03 bits per heavy atom. The molecule has 0 atom stereocenters. The number of ether oxygens (including phenoxy) is 1. The third-order valence-corrected chi connectivity index (χ3v) is 7.42. The fourth-order valence-electron chi connectivity index (χ4n) is 3.23. The number of esters is 1. The minimum atomic E-state index is -4.41. The topological polar surface area (TPSA) is 45.7 Å². The SMILES string of the molecule is C=C1/C(=C2\Sc3cc(C(F)(F)F)ccc3N2C)S/C(=C\c2ccccn2)N1CC(=O)OC. The monoisotopic (exact) mass is 477 g/mol. The Bertz CT molecular complexity index is 1150. The highest BCUT2D eigenvalue weighted by Gasteiger charge is 2.37. The summed E-state index contributed by atoms with van der Waals surface area (Å²) in [6, 6.07) is 9.20. The summed E-state index contributed by atoms with van der Waals surface area (Å²) in [4.78, 5) is 21.2. The number of hydrogen-bond acceptors (Lipinski definition) is 7. The van der Waals surface area contributed by atoms with Crippen molar-refractivity contribution in [2.24, 2.45) is 0 Å². The second-order valence-corrected chi connectivity index (χ2v) is 8.99. The van der Waals surface area contributed by atoms with Crippen molar-refractivity contribution in [1.29, 1.82) is 0 Å². The fraction of sp³-hybridized carbons (Fsp3) is 0.182. The van der Waals surface area contributed by atoms with Crippen molar-refractivity contribution in [3.63, 3.8) is 0 Å². The number of benzene rings is 1. The van der Waals surface area contributed by atoms with E-state index in [9.17, 15) is 18.0 Å². The molecule has 0 amide bonds. The molecule has 3 heterocycles. The Morgan fingerprint density at radius 3 is 2.69 bits per heavy atom. The molecule has 4 rings (SSSR count). The number of thioether (sulfide) groups is 2. The molecule has 5 nitrogen and oxygen atoms in total. The zero-order valence-electron chi connectivity index (χ0n) is 17.1. The minimum Gasteiger partial charge on any atom is -0.468 e. The first-order valence-electron chi connectivity index (χ1n) is 9.40. The second-order valence-electron chi connectivity index (χ2n) is 6.92. The zero-order valence-corrected chi connectivity index (χ0v) is 18.8. The maximum absolute atomic E-state index is 13.2. The number of alkyl halides is 3. The number of methoxy groups -OCH3 is 1. The first kappa shape index (κ1) is 22.3. The summed E-state index contributed by atoms with van der Waals surface area (Å²) in [5.74, 6) is -0.435. The van der Waals surface area contributed by atoms with E-state index < -0.39 is 17.7 Å². The van der Waals surface area contributed by atoms with E-state index in [1.165, 1.54) is 36.7 Å². The maximum atomic E-state index is 13.2. The third-order valence-electron chi connectivity index (χ3n) is 4.89. The summed E-state index contributed by atoms with van der Waals surface area (Å²) in [6.07, 6.45) is -0.910. The first-order valence-corrected chi connectivity index (χ1v) is 11.0. The van der Waals surface area contributed by atoms with Gasteiger partial charge in [-0.3, -0.25) is 9.78 Å². The standard InChI is InChI=1S/C22H18F3N3O2S2/c1-13-20(21-27(2)16-8-7-14(22(23,24)25)10-17(16)31-21)32-18(28(13)12-19(29)30-3)11-15-6-4-5-9-26-15/h4-11H,1,12H2,2-3H3/b18-11-,21-20+. The lowest BCUT2D eigenvalue weighted by atomic mass is 10.2. The highest BCUT2D eigenvalue weighted by Crippen LogP contribution is 2.55. The molecule has 1 aromatic heterocycles. The maximum Gasteiger partial charge on any atom is 0.416 e. The van der Waals surface area contributed by atoms with Crippen LogP contribution in [0, 0.1) is 0 Å². The number of aromatic nitrogens is 1. The molecule has 0 unspecified atom stereocenters. The molecule has 1 aromatic carbocycles. The fourth-order valence-corrected chi connectivity index (χ4v) is 5.76. The van der Waals surface area contributed by atoms with Gasteiger partial charge in [-0.05, 0) is 36.4 Å². The van der Waals surface area contributed by atoms with Crippen LogP contribution in [0.5, 0.6) is 0 Å². The Morgan fingerprint density at radius 1 is 1.25 bits per heavy atom. The molecule has 2 aromatic rings. The molecular weight excluding hydrogens is 459 g/mol. The molecule has 0 bridgehead atoms. The number of halogens is 3. The van der Waals surface area contributed by atoms with Crippen LogP contribution in [-0.2, 0) is 15.7 Å². The number of pyridine rings is 1. The van der Waals surface area contributed by atoms with Crippen LogP contribution in [0.2, 0.25) is 0 Å². The predicted molar refractivity (Wildman–Crippen MR) is 120 cm³/mol. The second kappa shape index (κ2) is 8.59. The molecule has 2 aliphatic heterocycles. The summed E-state index contributed by atoms with van der Waals surface area (Å²) in [5, 5.41) is 1.47. The number of rotatable bonds is 3. The van der Waals surface area contributed by atoms with E-state index in [4.69, 9.17) is 4.74 Å². The van der Waals surface area contributed by atoms with Gasteiger partial charge in [0.25, 0.3) is 0 Å². The van der Waals surface area contributed by atoms with E-state index in [1.807, 2.05) is 23.1 Å². The van der Waals surface area contributed by atoms with E-state index in [1.54, 1.807) is 24.2 Å². The minimum absolute atomic E-state index is 0.0443. The smallest absolute Gasteiger partial charge is 0.416 e. The van der Waals surface area contributed by atoms with Crippen molar-refractivity contribution in [2.45, 2.75) is 11.1 Å². The number of fused-ring (bicyclic) bond motifs is 1. The molecule has 0 aliphatic carbocycles. The van der Waals surface area contributed by atoms with Crippen molar-refractivity contribution in [3.8, 4) is 0 Å². The molecule has 32 heavy (non-hydrogen) atoms. The van der Waals surface area contributed by atoms with E-state index in [0.717, 1.165) is 27.1 Å². The van der Waals surface area contributed by atoms with Gasteiger partial charge in [0.2, 0.25) is 0 Å². The predicted octanol–water partition coefficient (Wildman–Crippen LogP) is 5.55. The molecule has 1 saturated heterocycles. The lowest BCUT2D eigenvalue weighted by Crippen LogP contribution is -2.25. The van der Waals surface area contributed by atoms with E-state index in [0.29, 0.717) is 22.0 Å². The van der Waals surface area contributed by atoms with Gasteiger partial charge in [-0.1, -0.05) is 36.2 Å². The Balaban J connectivity index is 1.73. The van der Waals surface area contributed by atoms with Gasteiger partial charge in [0.1, 0.15) is 6.54 Å². The van der Waals surface area contributed by atoms with Gasteiger partial charge in [0.05, 0.1) is 44.7 Å². The van der Waals surface area contributed by atoms with Crippen molar-refractivity contribution in [3.05, 3.63) is 81.1 Å². The Kier molecular flexibility index (Phi) is 6.00. The molecule has 1 fully saturated rings. The molecule has 10 heteroatoms. The van der Waals surface area contributed by atoms with Gasteiger partial charge < -0.3 is 14.5 Å². The van der Waals surface area contributed by atoms with Crippen molar-refractivity contribution in [1.82, 2.24) is 9.88 Å². The van der Waals surface area contributed by atoms with Gasteiger partial charge in [-0.2, -0.15) is 13.2 Å². The van der Waals surface area contributed by atoms with Crippen LogP contribution in [0.1, 0.15) is 11.3 Å². The molecule has 0 saturated carbocycles. The van der Waals surface area contributed by atoms with Crippen molar-refractivity contribution >= 4 is 41.3 Å². The number of nitrogens with zero attached hydrogens (tertiary/aromatic N) is 3. The molecule has 0 radical (unpaired) electrons. The number of hydrogen-bond donors (Lipinski definition) is 0. The summed E-state index contributed by atoms with van der Waals surface area (Å²) < 4.78 is 44.3. The first-order chi connectivity index (χ1) is 15.2. The molecule has 0 spiro atoms. The molecule has 166 valence electrons. The van der Waals surface area contributed by atoms with Gasteiger partial charge in [0.15, 0.2) is 0 Å². The summed E-state index contributed by atoms with van der Waals surface area (Å²) in [6.45, 7) is 4.11. The third kappa shape index (κ3) is 4.24.